The van der Waals surface area contributed by atoms with Crippen molar-refractivity contribution in [1.29, 1.82) is 0 Å². The third kappa shape index (κ3) is 1.69. The molecule has 2 N–H and O–H groups in total. The Morgan fingerprint density at radius 1 is 1.47 bits per heavy atom. The molecule has 4 heteroatoms. The van der Waals surface area contributed by atoms with Gasteiger partial charge in [-0.3, -0.25) is 4.57 Å². The highest BCUT2D eigenvalue weighted by molar-refractivity contribution is 5.79. The summed E-state index contributed by atoms with van der Waals surface area (Å²) in [7, 11) is 0. The fourth-order valence-electron chi connectivity index (χ4n) is 2.69. The van der Waals surface area contributed by atoms with E-state index >= 15 is 0 Å². The van der Waals surface area contributed by atoms with E-state index in [2.05, 4.69) is 23.3 Å². The van der Waals surface area contributed by atoms with Gasteiger partial charge in [-0.25, -0.2) is 4.79 Å². The fraction of sp³-hybridized carbons (Fsp3) is 0.462. The zero-order valence-corrected chi connectivity index (χ0v) is 9.99. The second-order valence-electron chi connectivity index (χ2n) is 4.72. The Labute approximate surface area is 99.6 Å². The molecule has 1 aliphatic rings. The van der Waals surface area contributed by atoms with Crippen LogP contribution in [0.25, 0.3) is 11.0 Å². The summed E-state index contributed by atoms with van der Waals surface area (Å²) in [6.07, 6.45) is 2.24. The van der Waals surface area contributed by atoms with Gasteiger partial charge in [0.05, 0.1) is 11.0 Å². The molecule has 0 saturated heterocycles. The van der Waals surface area contributed by atoms with E-state index in [1.165, 1.54) is 5.56 Å². The van der Waals surface area contributed by atoms with Gasteiger partial charge in [-0.15, -0.1) is 0 Å². The maximum atomic E-state index is 11.9. The Hall–Kier alpha value is -1.55. The standard InChI is InChI=1S/C13H17N3O/c1-2-4-10-8-16-12-9(7-14-10)5-3-6-11(12)15-13(16)17/h3,5-6,10,14H,2,4,7-8H2,1H3,(H,15,17)/t10-/m1/s1. The van der Waals surface area contributed by atoms with Crippen LogP contribution >= 0.6 is 0 Å². The average molecular weight is 231 g/mol. The number of aromatic amines is 1. The zero-order chi connectivity index (χ0) is 11.8. The first kappa shape index (κ1) is 10.6. The van der Waals surface area contributed by atoms with E-state index in [4.69, 9.17) is 0 Å². The topological polar surface area (TPSA) is 49.8 Å². The van der Waals surface area contributed by atoms with Gasteiger partial charge >= 0.3 is 5.69 Å². The monoisotopic (exact) mass is 231 g/mol. The number of imidazole rings is 1. The summed E-state index contributed by atoms with van der Waals surface area (Å²) < 4.78 is 1.88. The third-order valence-electron chi connectivity index (χ3n) is 3.50. The molecule has 0 bridgehead atoms. The highest BCUT2D eigenvalue weighted by Crippen LogP contribution is 2.19. The van der Waals surface area contributed by atoms with Crippen molar-refractivity contribution in [1.82, 2.24) is 14.9 Å². The summed E-state index contributed by atoms with van der Waals surface area (Å²) in [6.45, 7) is 3.79. The Balaban J connectivity index is 2.15. The number of benzene rings is 1. The number of hydrogen-bond acceptors (Lipinski definition) is 2. The predicted molar refractivity (Wildman–Crippen MR) is 68.1 cm³/mol. The summed E-state index contributed by atoms with van der Waals surface area (Å²) in [5.41, 5.74) is 3.24. The van der Waals surface area contributed by atoms with Crippen LogP contribution in [0.3, 0.4) is 0 Å². The first-order valence-electron chi connectivity index (χ1n) is 6.23. The van der Waals surface area contributed by atoms with Gasteiger partial charge in [0, 0.05) is 19.1 Å². The van der Waals surface area contributed by atoms with Crippen molar-refractivity contribution in [3.8, 4) is 0 Å². The van der Waals surface area contributed by atoms with E-state index in [1.807, 2.05) is 16.7 Å². The molecular formula is C13H17N3O. The third-order valence-corrected chi connectivity index (χ3v) is 3.50. The lowest BCUT2D eigenvalue weighted by atomic mass is 10.1. The van der Waals surface area contributed by atoms with E-state index in [-0.39, 0.29) is 5.69 Å². The van der Waals surface area contributed by atoms with Crippen molar-refractivity contribution in [3.05, 3.63) is 34.2 Å². The maximum absolute atomic E-state index is 11.9. The van der Waals surface area contributed by atoms with Crippen LogP contribution in [-0.4, -0.2) is 15.6 Å². The van der Waals surface area contributed by atoms with E-state index in [0.717, 1.165) is 37.0 Å². The van der Waals surface area contributed by atoms with Crippen LogP contribution in [-0.2, 0) is 13.1 Å². The van der Waals surface area contributed by atoms with Crippen LogP contribution in [0.1, 0.15) is 25.3 Å². The second kappa shape index (κ2) is 4.04. The Morgan fingerprint density at radius 3 is 3.18 bits per heavy atom. The zero-order valence-electron chi connectivity index (χ0n) is 9.99. The van der Waals surface area contributed by atoms with Crippen molar-refractivity contribution in [2.24, 2.45) is 0 Å². The normalized spacial score (nSPS) is 19.5. The second-order valence-corrected chi connectivity index (χ2v) is 4.72. The molecule has 1 aromatic heterocycles. The smallest absolute Gasteiger partial charge is 0.308 e. The van der Waals surface area contributed by atoms with Gasteiger partial charge in [0.15, 0.2) is 0 Å². The van der Waals surface area contributed by atoms with Crippen LogP contribution in [0.15, 0.2) is 23.0 Å². The lowest BCUT2D eigenvalue weighted by molar-refractivity contribution is 0.429. The fourth-order valence-corrected chi connectivity index (χ4v) is 2.69. The predicted octanol–water partition coefficient (Wildman–Crippen LogP) is 1.60. The molecule has 90 valence electrons. The van der Waals surface area contributed by atoms with Crippen LogP contribution < -0.4 is 11.0 Å². The van der Waals surface area contributed by atoms with Crippen LogP contribution in [0.4, 0.5) is 0 Å². The van der Waals surface area contributed by atoms with Gasteiger partial charge in [0.2, 0.25) is 0 Å². The van der Waals surface area contributed by atoms with Crippen molar-refractivity contribution in [3.63, 3.8) is 0 Å². The van der Waals surface area contributed by atoms with Crippen molar-refractivity contribution < 1.29 is 0 Å². The molecule has 2 heterocycles. The number of H-pyrrole nitrogens is 1. The first-order chi connectivity index (χ1) is 8.29. The SMILES string of the molecule is CCC[C@@H]1Cn2c(=O)[nH]c3cccc(c32)CN1. The lowest BCUT2D eigenvalue weighted by Crippen LogP contribution is -2.33. The summed E-state index contributed by atoms with van der Waals surface area (Å²) >= 11 is 0. The van der Waals surface area contributed by atoms with Gasteiger partial charge in [0.25, 0.3) is 0 Å². The van der Waals surface area contributed by atoms with Crippen molar-refractivity contribution in [2.45, 2.75) is 38.9 Å². The van der Waals surface area contributed by atoms with Gasteiger partial charge in [-0.05, 0) is 18.1 Å². The highest BCUT2D eigenvalue weighted by Gasteiger charge is 2.19. The molecule has 0 unspecified atom stereocenters. The number of nitrogens with one attached hydrogen (secondary N) is 2. The summed E-state index contributed by atoms with van der Waals surface area (Å²) in [6, 6.07) is 6.45. The van der Waals surface area contributed by atoms with Crippen LogP contribution in [0.2, 0.25) is 0 Å². The number of para-hydroxylation sites is 1. The van der Waals surface area contributed by atoms with E-state index < -0.39 is 0 Å². The molecule has 1 aromatic carbocycles. The molecule has 17 heavy (non-hydrogen) atoms. The van der Waals surface area contributed by atoms with E-state index in [9.17, 15) is 4.79 Å². The van der Waals surface area contributed by atoms with Gasteiger partial charge < -0.3 is 10.3 Å². The average Bonchev–Trinajstić information content (AvgIpc) is 2.53. The van der Waals surface area contributed by atoms with E-state index in [0.29, 0.717) is 6.04 Å². The van der Waals surface area contributed by atoms with Crippen LogP contribution in [0.5, 0.6) is 0 Å². The lowest BCUT2D eigenvalue weighted by Gasteiger charge is -2.14. The minimum atomic E-state index is 0.0113. The first-order valence-corrected chi connectivity index (χ1v) is 6.23. The highest BCUT2D eigenvalue weighted by atomic mass is 16.1. The Morgan fingerprint density at radius 2 is 2.35 bits per heavy atom. The Kier molecular flexibility index (Phi) is 2.52. The molecule has 0 fully saturated rings. The molecule has 0 amide bonds. The molecule has 0 spiro atoms. The number of hydrogen-bond donors (Lipinski definition) is 2. The largest absolute Gasteiger partial charge is 0.326 e. The summed E-state index contributed by atoms with van der Waals surface area (Å²) in [5, 5.41) is 3.53. The number of aromatic nitrogens is 2. The van der Waals surface area contributed by atoms with Gasteiger partial charge in [-0.2, -0.15) is 0 Å². The molecule has 1 aliphatic heterocycles. The quantitative estimate of drug-likeness (QED) is 0.824. The Bertz CT molecular complexity index is 596. The van der Waals surface area contributed by atoms with Crippen molar-refractivity contribution >= 4 is 11.0 Å². The molecule has 0 radical (unpaired) electrons. The maximum Gasteiger partial charge on any atom is 0.326 e. The summed E-state index contributed by atoms with van der Waals surface area (Å²) in [5.74, 6) is 0. The molecule has 0 aliphatic carbocycles. The summed E-state index contributed by atoms with van der Waals surface area (Å²) in [4.78, 5) is 14.9. The van der Waals surface area contributed by atoms with Crippen molar-refractivity contribution in [2.75, 3.05) is 0 Å². The molecule has 0 saturated carbocycles. The number of rotatable bonds is 2. The molecule has 4 nitrogen and oxygen atoms in total. The van der Waals surface area contributed by atoms with Gasteiger partial charge in [0.1, 0.15) is 0 Å². The van der Waals surface area contributed by atoms with Gasteiger partial charge in [-0.1, -0.05) is 25.5 Å². The van der Waals surface area contributed by atoms with E-state index in [1.54, 1.807) is 0 Å². The molecular weight excluding hydrogens is 214 g/mol. The minimum Gasteiger partial charge on any atom is -0.308 e. The molecule has 2 aromatic rings. The van der Waals surface area contributed by atoms with Crippen LogP contribution in [0, 0.1) is 0 Å². The minimum absolute atomic E-state index is 0.0113. The number of nitrogens with zero attached hydrogens (tertiary/aromatic N) is 1. The molecule has 1 atom stereocenters. The molecule has 3 rings (SSSR count).